The van der Waals surface area contributed by atoms with Crippen LogP contribution in [0.15, 0.2) is 64.4 Å². The van der Waals surface area contributed by atoms with Crippen molar-refractivity contribution in [2.45, 2.75) is 71.1 Å². The summed E-state index contributed by atoms with van der Waals surface area (Å²) in [5.74, 6) is 1.36. The van der Waals surface area contributed by atoms with Crippen molar-refractivity contribution in [2.24, 2.45) is 0 Å². The van der Waals surface area contributed by atoms with E-state index in [1.165, 1.54) is 54.5 Å². The van der Waals surface area contributed by atoms with E-state index in [0.29, 0.717) is 11.5 Å². The number of anilines is 1. The number of rotatable bonds is 9. The zero-order valence-electron chi connectivity index (χ0n) is 29.0. The fourth-order valence-electron chi connectivity index (χ4n) is 4.76. The second kappa shape index (κ2) is 18.8. The first-order valence-electron chi connectivity index (χ1n) is 16.4. The van der Waals surface area contributed by atoms with Crippen molar-refractivity contribution in [2.75, 3.05) is 65.8 Å². The summed E-state index contributed by atoms with van der Waals surface area (Å²) in [5, 5.41) is 3.13. The molecule has 250 valence electrons. The Balaban J connectivity index is 0.000000417. The lowest BCUT2D eigenvalue weighted by Crippen LogP contribution is -2.47. The van der Waals surface area contributed by atoms with Gasteiger partial charge in [-0.05, 0) is 89.0 Å². The van der Waals surface area contributed by atoms with Gasteiger partial charge in [-0.15, -0.1) is 0 Å². The maximum atomic E-state index is 13.3. The molecule has 3 aromatic rings. The fourth-order valence-corrected chi connectivity index (χ4v) is 5.66. The monoisotopic (exact) mass is 640 g/mol. The molecule has 9 nitrogen and oxygen atoms in total. The molecule has 1 N–H and O–H groups in total. The van der Waals surface area contributed by atoms with Gasteiger partial charge in [-0.3, -0.25) is 9.36 Å². The normalized spacial score (nSPS) is 14.8. The average Bonchev–Trinajstić information content (AvgIpc) is 3.91. The summed E-state index contributed by atoms with van der Waals surface area (Å²) in [5.41, 5.74) is 4.17. The number of aromatic nitrogens is 2. The van der Waals surface area contributed by atoms with Crippen LogP contribution in [-0.4, -0.2) is 88.1 Å². The van der Waals surface area contributed by atoms with Gasteiger partial charge >= 0.3 is 0 Å². The molecular formula is C35H56N6O3S. The van der Waals surface area contributed by atoms with E-state index >= 15 is 0 Å². The molecule has 45 heavy (non-hydrogen) atoms. The Bertz CT molecular complexity index is 1440. The van der Waals surface area contributed by atoms with Crippen LogP contribution in [0.1, 0.15) is 69.7 Å². The maximum absolute atomic E-state index is 13.3. The van der Waals surface area contributed by atoms with E-state index in [1.54, 1.807) is 22.9 Å². The van der Waals surface area contributed by atoms with Crippen LogP contribution in [0, 0.1) is 6.92 Å². The minimum atomic E-state index is -3.53. The van der Waals surface area contributed by atoms with Gasteiger partial charge in [0, 0.05) is 52.2 Å². The van der Waals surface area contributed by atoms with Crippen molar-refractivity contribution in [1.29, 1.82) is 0 Å². The number of nitrogens with zero attached hydrogens (tertiary/aromatic N) is 5. The van der Waals surface area contributed by atoms with Crippen molar-refractivity contribution in [3.63, 3.8) is 0 Å². The number of benzene rings is 2. The van der Waals surface area contributed by atoms with Crippen LogP contribution in [0.25, 0.3) is 5.69 Å². The Morgan fingerprint density at radius 1 is 0.911 bits per heavy atom. The van der Waals surface area contributed by atoms with Gasteiger partial charge in [0.25, 0.3) is 5.56 Å². The lowest BCUT2D eigenvalue weighted by molar-refractivity contribution is 0.311. The van der Waals surface area contributed by atoms with Crippen molar-refractivity contribution in [3.8, 4) is 5.69 Å². The zero-order valence-corrected chi connectivity index (χ0v) is 29.8. The first-order valence-corrected chi connectivity index (χ1v) is 17.8. The molecule has 5 rings (SSSR count). The predicted molar refractivity (Wildman–Crippen MR) is 189 cm³/mol. The van der Waals surface area contributed by atoms with E-state index in [1.807, 2.05) is 39.6 Å². The Hall–Kier alpha value is -3.05. The molecule has 2 fully saturated rings. The van der Waals surface area contributed by atoms with E-state index in [9.17, 15) is 13.2 Å². The predicted octanol–water partition coefficient (Wildman–Crippen LogP) is 5.31. The Labute approximate surface area is 272 Å². The molecule has 1 aliphatic carbocycles. The first-order chi connectivity index (χ1) is 21.6. The molecular weight excluding hydrogens is 584 g/mol. The minimum Gasteiger partial charge on any atom is -0.349 e. The van der Waals surface area contributed by atoms with Crippen molar-refractivity contribution >= 4 is 15.8 Å². The van der Waals surface area contributed by atoms with E-state index < -0.39 is 10.0 Å². The van der Waals surface area contributed by atoms with Crippen LogP contribution < -0.4 is 15.8 Å². The van der Waals surface area contributed by atoms with Crippen molar-refractivity contribution in [1.82, 2.24) is 24.1 Å². The number of piperazine rings is 1. The molecule has 2 heterocycles. The third-order valence-corrected chi connectivity index (χ3v) is 9.45. The second-order valence-corrected chi connectivity index (χ2v) is 13.3. The number of aryl methyl sites for hydroxylation is 2. The summed E-state index contributed by atoms with van der Waals surface area (Å²) in [6.07, 6.45) is 6.23. The summed E-state index contributed by atoms with van der Waals surface area (Å²) in [4.78, 5) is 22.5. The molecule has 1 aromatic heterocycles. The van der Waals surface area contributed by atoms with Crippen LogP contribution in [-0.2, 0) is 16.4 Å². The van der Waals surface area contributed by atoms with Gasteiger partial charge in [-0.25, -0.2) is 17.7 Å². The molecule has 10 heteroatoms. The minimum absolute atomic E-state index is 0.190. The van der Waals surface area contributed by atoms with Gasteiger partial charge in [0.2, 0.25) is 10.0 Å². The van der Waals surface area contributed by atoms with Crippen LogP contribution in [0.3, 0.4) is 0 Å². The Morgan fingerprint density at radius 3 is 2.00 bits per heavy atom. The van der Waals surface area contributed by atoms with E-state index in [2.05, 4.69) is 48.5 Å². The molecule has 0 bridgehead atoms. The largest absolute Gasteiger partial charge is 0.349 e. The van der Waals surface area contributed by atoms with Crippen molar-refractivity contribution in [3.05, 3.63) is 81.9 Å². The maximum Gasteiger partial charge on any atom is 0.298 e. The zero-order chi connectivity index (χ0) is 33.6. The van der Waals surface area contributed by atoms with E-state index in [0.717, 1.165) is 57.2 Å². The number of nitrogens with one attached hydrogen (secondary N) is 1. The van der Waals surface area contributed by atoms with Gasteiger partial charge < -0.3 is 15.1 Å². The lowest BCUT2D eigenvalue weighted by atomic mass is 10.1. The quantitative estimate of drug-likeness (QED) is 0.317. The Morgan fingerprint density at radius 2 is 1.49 bits per heavy atom. The number of likely N-dealkylation sites (N-methyl/N-ethyl adjacent to an activating group) is 1. The van der Waals surface area contributed by atoms with Gasteiger partial charge in [-0.2, -0.15) is 0 Å². The van der Waals surface area contributed by atoms with Gasteiger partial charge in [-0.1, -0.05) is 57.5 Å². The number of sulfonamides is 1. The summed E-state index contributed by atoms with van der Waals surface area (Å²) in [6, 6.07) is 15.3. The molecule has 0 unspecified atom stereocenters. The fraction of sp³-hybridized carbons (Fsp3) is 0.543. The molecule has 1 aliphatic heterocycles. The molecule has 0 amide bonds. The summed E-state index contributed by atoms with van der Waals surface area (Å²) in [6.45, 7) is 14.3. The van der Waals surface area contributed by atoms with E-state index in [-0.39, 0.29) is 10.5 Å². The van der Waals surface area contributed by atoms with Gasteiger partial charge in [0.1, 0.15) is 0 Å². The van der Waals surface area contributed by atoms with E-state index in [4.69, 9.17) is 4.98 Å². The number of hydrogen-bond donors (Lipinski definition) is 1. The Kier molecular flexibility index (Phi) is 15.9. The SMILES string of the molecule is CC.CC.CNCCCc1cn(-c2ccc(S(=O)(=O)N(C)C)cc2)c(=O)c(N2CCN(C)CC2)n1.Cc1ccc(C2CC2)cc1. The van der Waals surface area contributed by atoms with Gasteiger partial charge in [0.15, 0.2) is 5.82 Å². The van der Waals surface area contributed by atoms with Gasteiger partial charge in [0.05, 0.1) is 10.6 Å². The highest BCUT2D eigenvalue weighted by molar-refractivity contribution is 7.89. The molecule has 1 saturated heterocycles. The topological polar surface area (TPSA) is 90.8 Å². The lowest BCUT2D eigenvalue weighted by Gasteiger charge is -2.33. The second-order valence-electron chi connectivity index (χ2n) is 11.2. The standard InChI is InChI=1S/C21H32N6O3S.C10H12.2C2H6/c1-22-11-5-6-17-16-27(18-7-9-19(10-8-18)31(29,30)24(2)3)21(28)20(23-17)26-14-12-25(4)13-15-26;1-8-2-4-9(5-3-8)10-6-7-10;2*1-2/h7-10,16,22H,5-6,11-15H2,1-4H3;2-5,10H,6-7H2,1H3;2*1-2H3. The highest BCUT2D eigenvalue weighted by atomic mass is 32.2. The first kappa shape index (κ1) is 38.1. The number of hydrogen-bond acceptors (Lipinski definition) is 7. The highest BCUT2D eigenvalue weighted by Crippen LogP contribution is 2.39. The molecule has 1 saturated carbocycles. The third kappa shape index (κ3) is 11.1. The summed E-state index contributed by atoms with van der Waals surface area (Å²) in [7, 11) is 3.45. The third-order valence-electron chi connectivity index (χ3n) is 7.62. The van der Waals surface area contributed by atoms with Crippen LogP contribution >= 0.6 is 0 Å². The van der Waals surface area contributed by atoms with Crippen molar-refractivity contribution < 1.29 is 8.42 Å². The summed E-state index contributed by atoms with van der Waals surface area (Å²) < 4.78 is 27.5. The molecule has 0 atom stereocenters. The molecule has 2 aromatic carbocycles. The molecule has 0 radical (unpaired) electrons. The molecule has 2 aliphatic rings. The smallest absolute Gasteiger partial charge is 0.298 e. The van der Waals surface area contributed by atoms with Crippen LogP contribution in [0.4, 0.5) is 5.82 Å². The average molecular weight is 641 g/mol. The molecule has 0 spiro atoms. The van der Waals surface area contributed by atoms with Crippen LogP contribution in [0.2, 0.25) is 0 Å². The van der Waals surface area contributed by atoms with Crippen LogP contribution in [0.5, 0.6) is 0 Å². The summed E-state index contributed by atoms with van der Waals surface area (Å²) >= 11 is 0. The highest BCUT2D eigenvalue weighted by Gasteiger charge is 2.23.